The molecule has 0 spiro atoms. The molecule has 0 amide bonds. The van der Waals surface area contributed by atoms with Gasteiger partial charge in [-0.25, -0.2) is 0 Å². The second kappa shape index (κ2) is 17.4. The summed E-state index contributed by atoms with van der Waals surface area (Å²) in [5.41, 5.74) is 0. The van der Waals surface area contributed by atoms with Gasteiger partial charge in [-0.1, -0.05) is 0 Å². The minimum absolute atomic E-state index is 0. The van der Waals surface area contributed by atoms with Crippen LogP contribution in [0.3, 0.4) is 0 Å². The zero-order chi connectivity index (χ0) is 10.7. The zero-order valence-electron chi connectivity index (χ0n) is 7.64. The average molecular weight is 295 g/mol. The van der Waals surface area contributed by atoms with Gasteiger partial charge in [0.15, 0.2) is 0 Å². The summed E-state index contributed by atoms with van der Waals surface area (Å²) >= 11 is 0. The molecule has 0 saturated heterocycles. The van der Waals surface area contributed by atoms with Crippen molar-refractivity contribution in [3.05, 3.63) is 0 Å². The van der Waals surface area contributed by atoms with Crippen molar-refractivity contribution in [3.63, 3.8) is 0 Å². The van der Waals surface area contributed by atoms with Crippen molar-refractivity contribution in [2.45, 2.75) is 20.8 Å². The van der Waals surface area contributed by atoms with Crippen molar-refractivity contribution in [3.8, 4) is 0 Å². The number of carbonyl (C=O) groups is 3. The minimum atomic E-state index is -0.833. The van der Waals surface area contributed by atoms with Crippen LogP contribution < -0.4 is 0 Å². The smallest absolute Gasteiger partial charge is 0.300 e. The Morgan fingerprint density at radius 2 is 0.692 bits per heavy atom. The zero-order valence-corrected chi connectivity index (χ0v) is 10.9. The molecule has 0 heterocycles. The van der Waals surface area contributed by atoms with E-state index in [2.05, 4.69) is 0 Å². The SMILES string of the molecule is CC(=O)O.CC(=O)O.CC(=O)O.[In]. The number of hydrogen-bond donors (Lipinski definition) is 3. The fourth-order valence-corrected chi connectivity index (χ4v) is 0. The first kappa shape index (κ1) is 22.8. The van der Waals surface area contributed by atoms with E-state index in [1.165, 1.54) is 0 Å². The summed E-state index contributed by atoms with van der Waals surface area (Å²) in [6, 6.07) is 0. The Hall–Kier alpha value is -0.720. The Morgan fingerprint density at radius 1 is 0.692 bits per heavy atom. The van der Waals surface area contributed by atoms with Crippen LogP contribution in [0.2, 0.25) is 0 Å². The van der Waals surface area contributed by atoms with Gasteiger partial charge < -0.3 is 15.3 Å². The van der Waals surface area contributed by atoms with Crippen molar-refractivity contribution >= 4 is 43.8 Å². The van der Waals surface area contributed by atoms with Crippen LogP contribution in [-0.4, -0.2) is 59.1 Å². The van der Waals surface area contributed by atoms with E-state index in [-0.39, 0.29) is 25.8 Å². The quantitative estimate of drug-likeness (QED) is 0.575. The molecule has 0 bridgehead atoms. The first-order chi connectivity index (χ1) is 5.20. The van der Waals surface area contributed by atoms with Crippen molar-refractivity contribution < 1.29 is 29.7 Å². The average Bonchev–Trinajstić information content (AvgIpc) is 1.54. The molecule has 0 aromatic carbocycles. The maximum Gasteiger partial charge on any atom is 0.300 e. The molecule has 0 aliphatic carbocycles. The predicted octanol–water partition coefficient (Wildman–Crippen LogP) is -0.108. The first-order valence-corrected chi connectivity index (χ1v) is 2.78. The third-order valence-corrected chi connectivity index (χ3v) is 0. The van der Waals surface area contributed by atoms with Gasteiger partial charge in [0.25, 0.3) is 17.9 Å². The predicted molar refractivity (Wildman–Crippen MR) is 45.7 cm³/mol. The first-order valence-electron chi connectivity index (χ1n) is 2.78. The molecule has 75 valence electrons. The van der Waals surface area contributed by atoms with Gasteiger partial charge >= 0.3 is 0 Å². The van der Waals surface area contributed by atoms with E-state index in [1.807, 2.05) is 0 Å². The topological polar surface area (TPSA) is 112 Å². The largest absolute Gasteiger partial charge is 0.481 e. The van der Waals surface area contributed by atoms with Crippen LogP contribution >= 0.6 is 0 Å². The normalized spacial score (nSPS) is 5.77. The summed E-state index contributed by atoms with van der Waals surface area (Å²) in [7, 11) is 0. The fourth-order valence-electron chi connectivity index (χ4n) is 0. The van der Waals surface area contributed by atoms with Gasteiger partial charge in [0.1, 0.15) is 0 Å². The van der Waals surface area contributed by atoms with Gasteiger partial charge in [0.2, 0.25) is 0 Å². The van der Waals surface area contributed by atoms with Crippen molar-refractivity contribution in [2.75, 3.05) is 0 Å². The molecule has 0 atom stereocenters. The summed E-state index contributed by atoms with van der Waals surface area (Å²) < 4.78 is 0. The Bertz CT molecular complexity index is 115. The Balaban J connectivity index is -0.0000000450. The van der Waals surface area contributed by atoms with Crippen LogP contribution in [0.4, 0.5) is 0 Å². The maximum atomic E-state index is 9.00. The summed E-state index contributed by atoms with van der Waals surface area (Å²) in [5, 5.41) is 22.2. The maximum absolute atomic E-state index is 9.00. The molecular weight excluding hydrogens is 283 g/mol. The van der Waals surface area contributed by atoms with Gasteiger partial charge in [0.05, 0.1) is 0 Å². The monoisotopic (exact) mass is 295 g/mol. The molecule has 0 aliphatic heterocycles. The minimum Gasteiger partial charge on any atom is -0.481 e. The van der Waals surface area contributed by atoms with Crippen LogP contribution in [0.5, 0.6) is 0 Å². The molecule has 6 nitrogen and oxygen atoms in total. The summed E-state index contributed by atoms with van der Waals surface area (Å²) in [4.78, 5) is 27.0. The Kier molecular flexibility index (Phi) is 30.5. The van der Waals surface area contributed by atoms with E-state index >= 15 is 0 Å². The van der Waals surface area contributed by atoms with Crippen molar-refractivity contribution in [1.29, 1.82) is 0 Å². The second-order valence-electron chi connectivity index (χ2n) is 1.56. The van der Waals surface area contributed by atoms with Crippen molar-refractivity contribution in [2.24, 2.45) is 0 Å². The number of aliphatic carboxylic acids is 3. The van der Waals surface area contributed by atoms with Crippen LogP contribution in [0.1, 0.15) is 20.8 Å². The van der Waals surface area contributed by atoms with Crippen LogP contribution in [-0.2, 0) is 14.4 Å². The van der Waals surface area contributed by atoms with E-state index in [9.17, 15) is 0 Å². The van der Waals surface area contributed by atoms with E-state index < -0.39 is 17.9 Å². The Labute approximate surface area is 94.4 Å². The number of hydrogen-bond acceptors (Lipinski definition) is 3. The summed E-state index contributed by atoms with van der Waals surface area (Å²) in [6.45, 7) is 3.25. The van der Waals surface area contributed by atoms with Crippen LogP contribution in [0, 0.1) is 0 Å². The van der Waals surface area contributed by atoms with E-state index in [0.29, 0.717) is 0 Å². The van der Waals surface area contributed by atoms with Gasteiger partial charge in [-0.05, 0) is 0 Å². The van der Waals surface area contributed by atoms with Gasteiger partial charge in [-0.3, -0.25) is 14.4 Å². The second-order valence-corrected chi connectivity index (χ2v) is 1.56. The fraction of sp³-hybridized carbons (Fsp3) is 0.500. The molecule has 0 unspecified atom stereocenters. The third-order valence-electron chi connectivity index (χ3n) is 0. The molecule has 0 saturated carbocycles. The number of carboxylic acid groups (broad SMARTS) is 3. The van der Waals surface area contributed by atoms with E-state index in [1.54, 1.807) is 0 Å². The third kappa shape index (κ3) is 1870. The molecule has 0 aromatic rings. The van der Waals surface area contributed by atoms with E-state index in [0.717, 1.165) is 20.8 Å². The van der Waals surface area contributed by atoms with Gasteiger partial charge in [-0.2, -0.15) is 0 Å². The molecular formula is C6H12InO6. The van der Waals surface area contributed by atoms with Crippen LogP contribution in [0.15, 0.2) is 0 Å². The Morgan fingerprint density at radius 3 is 0.692 bits per heavy atom. The summed E-state index contributed by atoms with van der Waals surface area (Å²) in [6.07, 6.45) is 0. The van der Waals surface area contributed by atoms with Crippen molar-refractivity contribution in [1.82, 2.24) is 0 Å². The molecule has 3 radical (unpaired) electrons. The molecule has 13 heavy (non-hydrogen) atoms. The molecule has 7 heteroatoms. The molecule has 0 aliphatic rings. The molecule has 3 N–H and O–H groups in total. The standard InChI is InChI=1S/3C2H4O2.In/c3*1-2(3)4;/h3*1H3,(H,3,4);. The van der Waals surface area contributed by atoms with Gasteiger partial charge in [0, 0.05) is 46.6 Å². The number of rotatable bonds is 0. The molecule has 0 aromatic heterocycles. The molecule has 0 fully saturated rings. The van der Waals surface area contributed by atoms with Gasteiger partial charge in [-0.15, -0.1) is 0 Å². The number of carboxylic acids is 3. The molecule has 0 rings (SSSR count). The van der Waals surface area contributed by atoms with E-state index in [4.69, 9.17) is 29.7 Å². The van der Waals surface area contributed by atoms with Crippen LogP contribution in [0.25, 0.3) is 0 Å². The summed E-state index contributed by atoms with van der Waals surface area (Å²) in [5.74, 6) is -2.50.